The highest BCUT2D eigenvalue weighted by Gasteiger charge is 2.49. The van der Waals surface area contributed by atoms with Crippen LogP contribution >= 0.6 is 7.26 Å². The van der Waals surface area contributed by atoms with Crippen LogP contribution in [-0.4, -0.2) is 5.66 Å². The van der Waals surface area contributed by atoms with Crippen LogP contribution in [0.15, 0.2) is 114 Å². The van der Waals surface area contributed by atoms with Crippen molar-refractivity contribution in [3.63, 3.8) is 0 Å². The van der Waals surface area contributed by atoms with Crippen molar-refractivity contribution in [2.24, 2.45) is 5.41 Å². The summed E-state index contributed by atoms with van der Waals surface area (Å²) in [4.78, 5) is 0. The minimum absolute atomic E-state index is 0.256. The lowest BCUT2D eigenvalue weighted by Gasteiger charge is -2.34. The molecule has 3 aromatic rings. The van der Waals surface area contributed by atoms with E-state index in [0.29, 0.717) is 5.66 Å². The highest BCUT2D eigenvalue weighted by atomic mass is 31.2. The third-order valence-electron chi connectivity index (χ3n) is 7.19. The number of hydrogen-bond donors (Lipinski definition) is 0. The van der Waals surface area contributed by atoms with Crippen LogP contribution in [0.25, 0.3) is 0 Å². The molecule has 0 aliphatic heterocycles. The zero-order valence-electron chi connectivity index (χ0n) is 20.0. The summed E-state index contributed by atoms with van der Waals surface area (Å²) in [6.45, 7) is 9.59. The van der Waals surface area contributed by atoms with Crippen molar-refractivity contribution in [3.8, 4) is 0 Å². The van der Waals surface area contributed by atoms with Gasteiger partial charge in [-0.25, -0.2) is 0 Å². The molecule has 3 aromatic carbocycles. The van der Waals surface area contributed by atoms with E-state index < -0.39 is 7.26 Å². The summed E-state index contributed by atoms with van der Waals surface area (Å²) in [5.41, 5.74) is 3.75. The predicted octanol–water partition coefficient (Wildman–Crippen LogP) is 7.45. The van der Waals surface area contributed by atoms with Crippen LogP contribution < -0.4 is 15.9 Å². The summed E-state index contributed by atoms with van der Waals surface area (Å²) in [6.07, 6.45) is 8.80. The van der Waals surface area contributed by atoms with E-state index >= 15 is 0 Å². The number of benzene rings is 3. The Labute approximate surface area is 195 Å². The molecule has 1 unspecified atom stereocenters. The van der Waals surface area contributed by atoms with E-state index in [1.807, 2.05) is 0 Å². The van der Waals surface area contributed by atoms with Gasteiger partial charge in [0.05, 0.1) is 5.66 Å². The number of hydrogen-bond acceptors (Lipinski definition) is 0. The molecule has 0 fully saturated rings. The first-order valence-corrected chi connectivity index (χ1v) is 13.8. The highest BCUT2D eigenvalue weighted by Crippen LogP contribution is 2.60. The van der Waals surface area contributed by atoms with Crippen LogP contribution in [0.1, 0.15) is 47.0 Å². The van der Waals surface area contributed by atoms with Crippen molar-refractivity contribution in [3.05, 3.63) is 114 Å². The summed E-state index contributed by atoms with van der Waals surface area (Å²) in [7, 11) is -1.88. The van der Waals surface area contributed by atoms with Gasteiger partial charge in [-0.1, -0.05) is 80.1 Å². The molecule has 1 aliphatic rings. The van der Waals surface area contributed by atoms with Gasteiger partial charge < -0.3 is 0 Å². The second kappa shape index (κ2) is 9.60. The fraction of sp³-hybridized carbons (Fsp3) is 0.290. The van der Waals surface area contributed by atoms with Crippen LogP contribution in [0, 0.1) is 5.41 Å². The average Bonchev–Trinajstić information content (AvgIpc) is 2.81. The number of rotatable bonds is 6. The van der Waals surface area contributed by atoms with Crippen LogP contribution in [0.5, 0.6) is 0 Å². The summed E-state index contributed by atoms with van der Waals surface area (Å²) in [5.74, 6) is 0. The van der Waals surface area contributed by atoms with Gasteiger partial charge in [0.1, 0.15) is 23.2 Å². The van der Waals surface area contributed by atoms with Crippen LogP contribution in [0.2, 0.25) is 0 Å². The fourth-order valence-electron chi connectivity index (χ4n) is 5.52. The molecule has 1 atom stereocenters. The Bertz CT molecular complexity index is 978. The Morgan fingerprint density at radius 3 is 1.59 bits per heavy atom. The van der Waals surface area contributed by atoms with Gasteiger partial charge in [0, 0.05) is 0 Å². The van der Waals surface area contributed by atoms with Gasteiger partial charge >= 0.3 is 0 Å². The minimum atomic E-state index is -1.88. The molecular formula is C31H36P+. The molecule has 0 saturated carbocycles. The van der Waals surface area contributed by atoms with Gasteiger partial charge in [0.15, 0.2) is 0 Å². The molecule has 4 rings (SSSR count). The SMILES string of the molecule is CC1=C(C=CC(C)[P+](c2ccccc2)(c2ccccc2)c2ccccc2)C(C)(C)CCC1. The van der Waals surface area contributed by atoms with E-state index in [4.69, 9.17) is 0 Å². The van der Waals surface area contributed by atoms with E-state index in [9.17, 15) is 0 Å². The van der Waals surface area contributed by atoms with Crippen LogP contribution in [-0.2, 0) is 0 Å². The van der Waals surface area contributed by atoms with Crippen LogP contribution in [0.3, 0.4) is 0 Å². The first-order valence-electron chi connectivity index (χ1n) is 11.9. The van der Waals surface area contributed by atoms with E-state index in [2.05, 4.69) is 131 Å². The summed E-state index contributed by atoms with van der Waals surface area (Å²) in [5, 5.41) is 4.34. The Kier molecular flexibility index (Phi) is 6.82. The summed E-state index contributed by atoms with van der Waals surface area (Å²) in [6, 6.07) is 33.6. The molecule has 0 radical (unpaired) electrons. The van der Waals surface area contributed by atoms with Crippen molar-refractivity contribution >= 4 is 23.2 Å². The van der Waals surface area contributed by atoms with E-state index in [1.54, 1.807) is 11.1 Å². The molecule has 0 amide bonds. The molecule has 164 valence electrons. The van der Waals surface area contributed by atoms with Gasteiger partial charge in [-0.3, -0.25) is 0 Å². The molecule has 32 heavy (non-hydrogen) atoms. The molecule has 0 bridgehead atoms. The lowest BCUT2D eigenvalue weighted by molar-refractivity contribution is 0.376. The van der Waals surface area contributed by atoms with Gasteiger partial charge in [-0.2, -0.15) is 0 Å². The maximum absolute atomic E-state index is 2.52. The van der Waals surface area contributed by atoms with Crippen molar-refractivity contribution in [2.45, 2.75) is 52.6 Å². The van der Waals surface area contributed by atoms with Crippen molar-refractivity contribution in [1.29, 1.82) is 0 Å². The molecule has 0 heterocycles. The maximum Gasteiger partial charge on any atom is 0.118 e. The zero-order chi connectivity index (χ0) is 22.6. The van der Waals surface area contributed by atoms with Crippen molar-refractivity contribution in [2.75, 3.05) is 0 Å². The van der Waals surface area contributed by atoms with Gasteiger partial charge in [-0.15, -0.1) is 0 Å². The first-order chi connectivity index (χ1) is 15.5. The van der Waals surface area contributed by atoms with E-state index in [-0.39, 0.29) is 5.41 Å². The molecule has 0 N–H and O–H groups in total. The predicted molar refractivity (Wildman–Crippen MR) is 144 cm³/mol. The monoisotopic (exact) mass is 439 g/mol. The Morgan fingerprint density at radius 2 is 1.19 bits per heavy atom. The fourth-order valence-corrected chi connectivity index (χ4v) is 10.1. The second-order valence-corrected chi connectivity index (χ2v) is 13.6. The standard InChI is InChI=1S/C31H36P/c1-25-15-14-24-31(3,4)30(25)23-22-26(2)32(27-16-8-5-9-17-27,28-18-10-6-11-19-28)29-20-12-7-13-21-29/h5-13,16-23,26H,14-15,24H2,1-4H3/q+1. The quantitative estimate of drug-likeness (QED) is 0.350. The minimum Gasteiger partial charge on any atom is -0.0696 e. The third-order valence-corrected chi connectivity index (χ3v) is 11.9. The first kappa shape index (κ1) is 22.8. The molecular weight excluding hydrogens is 403 g/mol. The highest BCUT2D eigenvalue weighted by molar-refractivity contribution is 7.96. The molecule has 0 nitrogen and oxygen atoms in total. The molecule has 1 heteroatoms. The summed E-state index contributed by atoms with van der Waals surface area (Å²) < 4.78 is 0. The van der Waals surface area contributed by atoms with Gasteiger partial charge in [0.2, 0.25) is 0 Å². The van der Waals surface area contributed by atoms with E-state index in [0.717, 1.165) is 0 Å². The average molecular weight is 440 g/mol. The molecule has 1 aliphatic carbocycles. The topological polar surface area (TPSA) is 0 Å². The largest absolute Gasteiger partial charge is 0.118 e. The Balaban J connectivity index is 1.92. The normalized spacial score (nSPS) is 17.5. The molecule has 0 aromatic heterocycles. The van der Waals surface area contributed by atoms with Crippen molar-refractivity contribution in [1.82, 2.24) is 0 Å². The lowest BCUT2D eigenvalue weighted by Crippen LogP contribution is -2.37. The lowest BCUT2D eigenvalue weighted by atomic mass is 9.72. The molecule has 0 spiro atoms. The van der Waals surface area contributed by atoms with E-state index in [1.165, 1.54) is 35.2 Å². The second-order valence-electron chi connectivity index (χ2n) is 9.76. The maximum atomic E-state index is 2.52. The Hall–Kier alpha value is -2.43. The number of allylic oxidation sites excluding steroid dienone is 4. The molecule has 0 saturated heterocycles. The van der Waals surface area contributed by atoms with Crippen molar-refractivity contribution < 1.29 is 0 Å². The third kappa shape index (κ3) is 4.26. The van der Waals surface area contributed by atoms with Gasteiger partial charge in [0.25, 0.3) is 0 Å². The van der Waals surface area contributed by atoms with Gasteiger partial charge in [-0.05, 0) is 86.6 Å². The smallest absolute Gasteiger partial charge is 0.0696 e. The zero-order valence-corrected chi connectivity index (χ0v) is 20.9. The Morgan fingerprint density at radius 1 is 0.750 bits per heavy atom. The van der Waals surface area contributed by atoms with Crippen LogP contribution in [0.4, 0.5) is 0 Å². The summed E-state index contributed by atoms with van der Waals surface area (Å²) >= 11 is 0.